The maximum absolute atomic E-state index is 5.64. The van der Waals surface area contributed by atoms with Gasteiger partial charge >= 0.3 is 0 Å². The first-order valence-corrected chi connectivity index (χ1v) is 10.1. The molecule has 0 bridgehead atoms. The lowest BCUT2D eigenvalue weighted by atomic mass is 10.0. The zero-order chi connectivity index (χ0) is 19.4. The van der Waals surface area contributed by atoms with E-state index in [-0.39, 0.29) is 0 Å². The first-order valence-electron chi connectivity index (χ1n) is 10.1. The van der Waals surface area contributed by atoms with Crippen LogP contribution in [0.3, 0.4) is 0 Å². The number of imidazole rings is 1. The summed E-state index contributed by atoms with van der Waals surface area (Å²) in [6.45, 7) is 3.35. The molecule has 0 fully saturated rings. The fourth-order valence-corrected chi connectivity index (χ4v) is 3.33. The van der Waals surface area contributed by atoms with E-state index in [1.54, 1.807) is 7.11 Å². The molecule has 0 aliphatic heterocycles. The first kappa shape index (κ1) is 20.3. The fraction of sp³-hybridized carbons (Fsp3) is 0.375. The van der Waals surface area contributed by atoms with Gasteiger partial charge in [-0.1, -0.05) is 60.7 Å². The Kier molecular flexibility index (Phi) is 8.28. The van der Waals surface area contributed by atoms with Gasteiger partial charge in [-0.3, -0.25) is 0 Å². The third kappa shape index (κ3) is 5.78. The largest absolute Gasteiger partial charge is 0.385 e. The zero-order valence-electron chi connectivity index (χ0n) is 16.7. The Hall–Kier alpha value is -2.43. The minimum Gasteiger partial charge on any atom is -0.385 e. The summed E-state index contributed by atoms with van der Waals surface area (Å²) in [4.78, 5) is 4.75. The Morgan fingerprint density at radius 3 is 2.14 bits per heavy atom. The highest BCUT2D eigenvalue weighted by Gasteiger charge is 2.14. The molecule has 28 heavy (non-hydrogen) atoms. The summed E-state index contributed by atoms with van der Waals surface area (Å²) < 4.78 is 13.0. The highest BCUT2D eigenvalue weighted by Crippen LogP contribution is 2.31. The van der Waals surface area contributed by atoms with E-state index in [0.717, 1.165) is 63.3 Å². The predicted octanol–water partition coefficient (Wildman–Crippen LogP) is 5.44. The zero-order valence-corrected chi connectivity index (χ0v) is 16.7. The Bertz CT molecular complexity index is 800. The van der Waals surface area contributed by atoms with Gasteiger partial charge in [0.25, 0.3) is 0 Å². The maximum Gasteiger partial charge on any atom is 0.0963 e. The van der Waals surface area contributed by atoms with E-state index in [9.17, 15) is 0 Å². The molecule has 0 N–H and O–H groups in total. The van der Waals surface area contributed by atoms with Gasteiger partial charge in [-0.15, -0.1) is 0 Å². The molecule has 0 unspecified atom stereocenters. The average Bonchev–Trinajstić information content (AvgIpc) is 3.18. The van der Waals surface area contributed by atoms with E-state index in [2.05, 4.69) is 59.2 Å². The van der Waals surface area contributed by atoms with Crippen molar-refractivity contribution in [1.82, 2.24) is 9.55 Å². The van der Waals surface area contributed by atoms with Crippen molar-refractivity contribution in [2.75, 3.05) is 26.9 Å². The molecule has 0 radical (unpaired) electrons. The SMILES string of the molecule is COCCCOCCCCCn1cnc(-c2ccccc2)c1-c1ccccc1. The molecule has 4 nitrogen and oxygen atoms in total. The van der Waals surface area contributed by atoms with Crippen molar-refractivity contribution in [3.05, 3.63) is 67.0 Å². The van der Waals surface area contributed by atoms with Crippen molar-refractivity contribution in [3.63, 3.8) is 0 Å². The van der Waals surface area contributed by atoms with E-state index in [1.807, 2.05) is 12.4 Å². The lowest BCUT2D eigenvalue weighted by molar-refractivity contribution is 0.100. The average molecular weight is 379 g/mol. The number of methoxy groups -OCH3 is 1. The molecule has 0 spiro atoms. The van der Waals surface area contributed by atoms with Crippen molar-refractivity contribution in [2.45, 2.75) is 32.2 Å². The lowest BCUT2D eigenvalue weighted by Crippen LogP contribution is -2.02. The van der Waals surface area contributed by atoms with Gasteiger partial charge in [0.05, 0.1) is 17.7 Å². The van der Waals surface area contributed by atoms with Crippen LogP contribution in [-0.4, -0.2) is 36.5 Å². The normalized spacial score (nSPS) is 11.0. The molecule has 1 aromatic heterocycles. The molecule has 3 aromatic rings. The quantitative estimate of drug-likeness (QED) is 0.394. The number of ether oxygens (including phenoxy) is 2. The first-order chi connectivity index (χ1) is 13.9. The Morgan fingerprint density at radius 2 is 1.43 bits per heavy atom. The van der Waals surface area contributed by atoms with Gasteiger partial charge in [-0.05, 0) is 25.7 Å². The number of rotatable bonds is 12. The topological polar surface area (TPSA) is 36.3 Å². The van der Waals surface area contributed by atoms with E-state index in [0.29, 0.717) is 0 Å². The van der Waals surface area contributed by atoms with Gasteiger partial charge < -0.3 is 14.0 Å². The molecule has 148 valence electrons. The monoisotopic (exact) mass is 378 g/mol. The number of aromatic nitrogens is 2. The number of hydrogen-bond acceptors (Lipinski definition) is 3. The second-order valence-corrected chi connectivity index (χ2v) is 6.89. The predicted molar refractivity (Wildman–Crippen MR) is 114 cm³/mol. The van der Waals surface area contributed by atoms with Crippen LogP contribution >= 0.6 is 0 Å². The molecule has 0 aliphatic rings. The van der Waals surface area contributed by atoms with Gasteiger partial charge in [0, 0.05) is 44.6 Å². The minimum absolute atomic E-state index is 0.770. The third-order valence-electron chi connectivity index (χ3n) is 4.76. The van der Waals surface area contributed by atoms with Crippen molar-refractivity contribution in [1.29, 1.82) is 0 Å². The van der Waals surface area contributed by atoms with Gasteiger partial charge in [-0.25, -0.2) is 4.98 Å². The van der Waals surface area contributed by atoms with E-state index >= 15 is 0 Å². The molecule has 4 heteroatoms. The molecule has 3 rings (SSSR count). The molecular weight excluding hydrogens is 348 g/mol. The van der Waals surface area contributed by atoms with Crippen LogP contribution in [0.4, 0.5) is 0 Å². The highest BCUT2D eigenvalue weighted by molar-refractivity contribution is 5.78. The van der Waals surface area contributed by atoms with Crippen molar-refractivity contribution in [3.8, 4) is 22.5 Å². The van der Waals surface area contributed by atoms with Crippen LogP contribution in [0.25, 0.3) is 22.5 Å². The Morgan fingerprint density at radius 1 is 0.750 bits per heavy atom. The van der Waals surface area contributed by atoms with Crippen LogP contribution in [0.1, 0.15) is 25.7 Å². The summed E-state index contributed by atoms with van der Waals surface area (Å²) >= 11 is 0. The van der Waals surface area contributed by atoms with E-state index < -0.39 is 0 Å². The minimum atomic E-state index is 0.770. The van der Waals surface area contributed by atoms with Crippen molar-refractivity contribution in [2.24, 2.45) is 0 Å². The molecule has 0 saturated carbocycles. The van der Waals surface area contributed by atoms with Gasteiger partial charge in [-0.2, -0.15) is 0 Å². The van der Waals surface area contributed by atoms with Gasteiger partial charge in [0.1, 0.15) is 0 Å². The maximum atomic E-state index is 5.64. The van der Waals surface area contributed by atoms with Gasteiger partial charge in [0.15, 0.2) is 0 Å². The summed E-state index contributed by atoms with van der Waals surface area (Å²) in [6.07, 6.45) is 6.30. The molecule has 1 heterocycles. The fourth-order valence-electron chi connectivity index (χ4n) is 3.33. The lowest BCUT2D eigenvalue weighted by Gasteiger charge is -2.11. The second-order valence-electron chi connectivity index (χ2n) is 6.89. The van der Waals surface area contributed by atoms with E-state index in [1.165, 1.54) is 11.3 Å². The third-order valence-corrected chi connectivity index (χ3v) is 4.76. The summed E-state index contributed by atoms with van der Waals surface area (Å²) in [5, 5.41) is 0. The smallest absolute Gasteiger partial charge is 0.0963 e. The van der Waals surface area contributed by atoms with Crippen LogP contribution in [-0.2, 0) is 16.0 Å². The number of aryl methyl sites for hydroxylation is 1. The summed E-state index contributed by atoms with van der Waals surface area (Å²) in [5.41, 5.74) is 4.61. The summed E-state index contributed by atoms with van der Waals surface area (Å²) in [6, 6.07) is 21.0. The van der Waals surface area contributed by atoms with Crippen LogP contribution in [0.15, 0.2) is 67.0 Å². The molecule has 2 aromatic carbocycles. The highest BCUT2D eigenvalue weighted by atomic mass is 16.5. The van der Waals surface area contributed by atoms with Crippen LogP contribution < -0.4 is 0 Å². The molecule has 0 aliphatic carbocycles. The molecule has 0 saturated heterocycles. The standard InChI is InChI=1S/C24H30N2O2/c1-27-17-11-19-28-18-10-4-9-16-26-20-25-23(21-12-5-2-6-13-21)24(26)22-14-7-3-8-15-22/h2-3,5-8,12-15,20H,4,9-11,16-19H2,1H3. The number of nitrogens with zero attached hydrogens (tertiary/aromatic N) is 2. The van der Waals surface area contributed by atoms with Crippen LogP contribution in [0, 0.1) is 0 Å². The van der Waals surface area contributed by atoms with Crippen LogP contribution in [0.5, 0.6) is 0 Å². The molecular formula is C24H30N2O2. The molecule has 0 atom stereocenters. The van der Waals surface area contributed by atoms with Crippen molar-refractivity contribution < 1.29 is 9.47 Å². The number of hydrogen-bond donors (Lipinski definition) is 0. The number of unbranched alkanes of at least 4 members (excludes halogenated alkanes) is 2. The second kappa shape index (κ2) is 11.4. The summed E-state index contributed by atoms with van der Waals surface area (Å²) in [7, 11) is 1.73. The van der Waals surface area contributed by atoms with Crippen LogP contribution in [0.2, 0.25) is 0 Å². The van der Waals surface area contributed by atoms with Crippen molar-refractivity contribution >= 4 is 0 Å². The summed E-state index contributed by atoms with van der Waals surface area (Å²) in [5.74, 6) is 0. The molecule has 0 amide bonds. The number of benzene rings is 2. The van der Waals surface area contributed by atoms with Gasteiger partial charge in [0.2, 0.25) is 0 Å². The van der Waals surface area contributed by atoms with E-state index in [4.69, 9.17) is 14.5 Å². The Labute approximate surface area is 168 Å². The Balaban J connectivity index is 1.60.